The standard InChI is InChI=1S/C10H17N5O2S3/c1-18-10-12-7(14-11)5-8(13-10)15-3-4-19-6-9(15)20(2,16)17/h5,9H,3-4,6,11H2,1-2H3,(H,12,13,14). The number of hydrogen-bond acceptors (Lipinski definition) is 9. The summed E-state index contributed by atoms with van der Waals surface area (Å²) in [7, 11) is -3.18. The van der Waals surface area contributed by atoms with Crippen molar-refractivity contribution in [3.63, 3.8) is 0 Å². The first-order valence-electron chi connectivity index (χ1n) is 5.88. The fourth-order valence-electron chi connectivity index (χ4n) is 1.92. The highest BCUT2D eigenvalue weighted by Crippen LogP contribution is 2.27. The average Bonchev–Trinajstić information content (AvgIpc) is 2.45. The largest absolute Gasteiger partial charge is 0.338 e. The van der Waals surface area contributed by atoms with E-state index in [2.05, 4.69) is 15.4 Å². The molecule has 0 saturated carbocycles. The van der Waals surface area contributed by atoms with Gasteiger partial charge in [-0.15, -0.1) is 0 Å². The second-order valence-electron chi connectivity index (χ2n) is 4.29. The molecule has 0 amide bonds. The fraction of sp³-hybridized carbons (Fsp3) is 0.600. The minimum Gasteiger partial charge on any atom is -0.338 e. The van der Waals surface area contributed by atoms with E-state index in [1.165, 1.54) is 18.0 Å². The van der Waals surface area contributed by atoms with Gasteiger partial charge in [-0.3, -0.25) is 0 Å². The first-order valence-corrected chi connectivity index (χ1v) is 10.2. The van der Waals surface area contributed by atoms with Gasteiger partial charge in [0.15, 0.2) is 15.0 Å². The predicted octanol–water partition coefficient (Wildman–Crippen LogP) is 0.408. The number of hydrogen-bond donors (Lipinski definition) is 2. The fourth-order valence-corrected chi connectivity index (χ4v) is 5.12. The Morgan fingerprint density at radius 1 is 1.55 bits per heavy atom. The molecule has 112 valence electrons. The lowest BCUT2D eigenvalue weighted by Gasteiger charge is -2.35. The van der Waals surface area contributed by atoms with Crippen molar-refractivity contribution in [2.75, 3.05) is 40.9 Å². The van der Waals surface area contributed by atoms with Crippen LogP contribution in [-0.4, -0.2) is 54.3 Å². The summed E-state index contributed by atoms with van der Waals surface area (Å²) in [4.78, 5) is 10.4. The molecule has 3 N–H and O–H groups in total. The molecule has 1 aliphatic heterocycles. The van der Waals surface area contributed by atoms with Gasteiger partial charge in [0, 0.05) is 30.4 Å². The number of anilines is 2. The van der Waals surface area contributed by atoms with Crippen molar-refractivity contribution in [2.45, 2.75) is 10.5 Å². The average molecular weight is 335 g/mol. The zero-order valence-electron chi connectivity index (χ0n) is 11.2. The van der Waals surface area contributed by atoms with Crippen LogP contribution >= 0.6 is 23.5 Å². The zero-order chi connectivity index (χ0) is 14.8. The van der Waals surface area contributed by atoms with E-state index in [-0.39, 0.29) is 0 Å². The molecule has 0 aromatic carbocycles. The van der Waals surface area contributed by atoms with Crippen LogP contribution in [0.5, 0.6) is 0 Å². The third kappa shape index (κ3) is 3.48. The predicted molar refractivity (Wildman–Crippen MR) is 84.9 cm³/mol. The number of thioether (sulfide) groups is 2. The SMILES string of the molecule is CSc1nc(NN)cc(N2CCSCC2S(C)(=O)=O)n1. The van der Waals surface area contributed by atoms with Gasteiger partial charge in [-0.2, -0.15) is 11.8 Å². The molecule has 7 nitrogen and oxygen atoms in total. The number of aromatic nitrogens is 2. The van der Waals surface area contributed by atoms with Gasteiger partial charge in [0.05, 0.1) is 0 Å². The van der Waals surface area contributed by atoms with Gasteiger partial charge < -0.3 is 10.3 Å². The van der Waals surface area contributed by atoms with E-state index in [0.717, 1.165) is 5.75 Å². The minimum atomic E-state index is -3.18. The monoisotopic (exact) mass is 335 g/mol. The smallest absolute Gasteiger partial charge is 0.191 e. The summed E-state index contributed by atoms with van der Waals surface area (Å²) >= 11 is 3.02. The molecule has 0 radical (unpaired) electrons. The number of hydrazine groups is 1. The van der Waals surface area contributed by atoms with Gasteiger partial charge in [-0.25, -0.2) is 24.2 Å². The number of nitrogens with zero attached hydrogens (tertiary/aromatic N) is 3. The highest BCUT2D eigenvalue weighted by molar-refractivity contribution is 8.01. The number of rotatable bonds is 4. The van der Waals surface area contributed by atoms with Crippen molar-refractivity contribution < 1.29 is 8.42 Å². The Labute approximate surface area is 127 Å². The number of nitrogens with two attached hydrogens (primary N) is 1. The molecule has 1 aliphatic rings. The van der Waals surface area contributed by atoms with Crippen LogP contribution in [-0.2, 0) is 9.84 Å². The van der Waals surface area contributed by atoms with Crippen LogP contribution < -0.4 is 16.2 Å². The maximum atomic E-state index is 11.9. The molecular formula is C10H17N5O2S3. The molecule has 20 heavy (non-hydrogen) atoms. The van der Waals surface area contributed by atoms with Gasteiger partial charge in [-0.05, 0) is 6.26 Å². The number of nitrogens with one attached hydrogen (secondary N) is 1. The lowest BCUT2D eigenvalue weighted by atomic mass is 10.4. The highest BCUT2D eigenvalue weighted by atomic mass is 32.2. The Morgan fingerprint density at radius 3 is 2.90 bits per heavy atom. The van der Waals surface area contributed by atoms with E-state index in [0.29, 0.717) is 29.1 Å². The van der Waals surface area contributed by atoms with Crippen LogP contribution in [0.3, 0.4) is 0 Å². The second-order valence-corrected chi connectivity index (χ2v) is 8.42. The molecule has 1 aromatic rings. The van der Waals surface area contributed by atoms with Crippen molar-refractivity contribution in [3.8, 4) is 0 Å². The Balaban J connectivity index is 2.41. The van der Waals surface area contributed by atoms with Crippen LogP contribution in [0.2, 0.25) is 0 Å². The van der Waals surface area contributed by atoms with E-state index in [1.54, 1.807) is 17.8 Å². The molecule has 1 aromatic heterocycles. The Morgan fingerprint density at radius 2 is 2.30 bits per heavy atom. The maximum Gasteiger partial charge on any atom is 0.191 e. The summed E-state index contributed by atoms with van der Waals surface area (Å²) in [5.74, 6) is 7.88. The van der Waals surface area contributed by atoms with Gasteiger partial charge in [-0.1, -0.05) is 11.8 Å². The quantitative estimate of drug-likeness (QED) is 0.350. The van der Waals surface area contributed by atoms with Crippen molar-refractivity contribution in [1.82, 2.24) is 9.97 Å². The van der Waals surface area contributed by atoms with Gasteiger partial charge in [0.25, 0.3) is 0 Å². The molecule has 0 aliphatic carbocycles. The Bertz CT molecular complexity index is 558. The second kappa shape index (κ2) is 6.37. The third-order valence-corrected chi connectivity index (χ3v) is 6.09. The van der Waals surface area contributed by atoms with Crippen molar-refractivity contribution >= 4 is 45.0 Å². The lowest BCUT2D eigenvalue weighted by molar-refractivity contribution is 0.583. The molecule has 2 heterocycles. The number of sulfone groups is 1. The summed E-state index contributed by atoms with van der Waals surface area (Å²) < 4.78 is 23.9. The summed E-state index contributed by atoms with van der Waals surface area (Å²) in [6.07, 6.45) is 3.12. The molecular weight excluding hydrogens is 318 g/mol. The van der Waals surface area contributed by atoms with E-state index in [1.807, 2.05) is 11.2 Å². The molecule has 0 spiro atoms. The molecule has 0 bridgehead atoms. The van der Waals surface area contributed by atoms with Crippen molar-refractivity contribution in [2.24, 2.45) is 5.84 Å². The van der Waals surface area contributed by atoms with Crippen molar-refractivity contribution in [3.05, 3.63) is 6.07 Å². The molecule has 1 unspecified atom stereocenters. The van der Waals surface area contributed by atoms with E-state index < -0.39 is 15.2 Å². The minimum absolute atomic E-state index is 0.477. The summed E-state index contributed by atoms with van der Waals surface area (Å²) in [6.45, 7) is 0.636. The summed E-state index contributed by atoms with van der Waals surface area (Å²) in [5, 5.41) is -0.00240. The number of nitrogen functional groups attached to an aromatic ring is 1. The zero-order valence-corrected chi connectivity index (χ0v) is 13.7. The first-order chi connectivity index (χ1) is 9.45. The molecule has 1 fully saturated rings. The van der Waals surface area contributed by atoms with Crippen LogP contribution in [0, 0.1) is 0 Å². The van der Waals surface area contributed by atoms with E-state index in [9.17, 15) is 8.42 Å². The van der Waals surface area contributed by atoms with Crippen LogP contribution in [0.1, 0.15) is 0 Å². The van der Waals surface area contributed by atoms with Gasteiger partial charge in [0.1, 0.15) is 17.0 Å². The van der Waals surface area contributed by atoms with Crippen LogP contribution in [0.25, 0.3) is 0 Å². The van der Waals surface area contributed by atoms with E-state index >= 15 is 0 Å². The van der Waals surface area contributed by atoms with Gasteiger partial charge in [0.2, 0.25) is 0 Å². The third-order valence-electron chi connectivity index (χ3n) is 2.90. The highest BCUT2D eigenvalue weighted by Gasteiger charge is 2.32. The molecule has 1 atom stereocenters. The Hall–Kier alpha value is -0.710. The lowest BCUT2D eigenvalue weighted by Crippen LogP contribution is -2.47. The normalized spacial score (nSPS) is 19.9. The summed E-state index contributed by atoms with van der Waals surface area (Å²) in [6, 6.07) is 1.67. The van der Waals surface area contributed by atoms with Crippen LogP contribution in [0.4, 0.5) is 11.6 Å². The molecule has 1 saturated heterocycles. The van der Waals surface area contributed by atoms with Crippen LogP contribution in [0.15, 0.2) is 11.2 Å². The Kier molecular flexibility index (Phi) is 4.99. The van der Waals surface area contributed by atoms with Gasteiger partial charge >= 0.3 is 0 Å². The topological polar surface area (TPSA) is 101 Å². The maximum absolute atomic E-state index is 11.9. The first kappa shape index (κ1) is 15.7. The molecule has 10 heteroatoms. The molecule has 2 rings (SSSR count). The van der Waals surface area contributed by atoms with Crippen molar-refractivity contribution in [1.29, 1.82) is 0 Å². The summed E-state index contributed by atoms with van der Waals surface area (Å²) in [5.41, 5.74) is 2.49. The van der Waals surface area contributed by atoms with E-state index in [4.69, 9.17) is 5.84 Å².